The van der Waals surface area contributed by atoms with Gasteiger partial charge in [0.15, 0.2) is 5.82 Å². The largest absolute Gasteiger partial charge is 0.375 e. The molecule has 3 rings (SSSR count). The van der Waals surface area contributed by atoms with Gasteiger partial charge in [-0.3, -0.25) is 10.1 Å². The Balaban J connectivity index is 1.84. The first kappa shape index (κ1) is 16.6. The van der Waals surface area contributed by atoms with Gasteiger partial charge in [0.1, 0.15) is 5.69 Å². The van der Waals surface area contributed by atoms with Crippen molar-refractivity contribution in [1.82, 2.24) is 10.1 Å². The second kappa shape index (κ2) is 7.12. The van der Waals surface area contributed by atoms with Gasteiger partial charge >= 0.3 is 0 Å². The fourth-order valence-electron chi connectivity index (χ4n) is 2.38. The molecule has 3 aromatic rings. The Kier molecular flexibility index (Phi) is 4.74. The summed E-state index contributed by atoms with van der Waals surface area (Å²) >= 11 is 0. The minimum absolute atomic E-state index is 0.0270. The third-order valence-corrected chi connectivity index (χ3v) is 3.83. The fourth-order valence-corrected chi connectivity index (χ4v) is 2.38. The van der Waals surface area contributed by atoms with E-state index in [9.17, 15) is 10.1 Å². The number of anilines is 1. The Bertz CT molecular complexity index is 888. The van der Waals surface area contributed by atoms with Crippen LogP contribution in [0.3, 0.4) is 0 Å². The topological polar surface area (TPSA) is 94.1 Å². The molecule has 0 bridgehead atoms. The van der Waals surface area contributed by atoms with Gasteiger partial charge < -0.3 is 9.84 Å². The van der Waals surface area contributed by atoms with Crippen LogP contribution in [0.4, 0.5) is 11.4 Å². The van der Waals surface area contributed by atoms with E-state index in [4.69, 9.17) is 4.52 Å². The molecule has 0 aliphatic heterocycles. The van der Waals surface area contributed by atoms with Crippen LogP contribution in [-0.4, -0.2) is 15.1 Å². The number of nitrogens with zero attached hydrogens (tertiary/aromatic N) is 3. The summed E-state index contributed by atoms with van der Waals surface area (Å²) in [5.41, 5.74) is 3.17. The van der Waals surface area contributed by atoms with Crippen LogP contribution in [-0.2, 0) is 13.0 Å². The lowest BCUT2D eigenvalue weighted by Crippen LogP contribution is -2.03. The molecule has 0 aliphatic rings. The van der Waals surface area contributed by atoms with Gasteiger partial charge in [0.05, 0.1) is 4.92 Å². The molecule has 0 amide bonds. The molecule has 0 atom stereocenters. The van der Waals surface area contributed by atoms with Crippen molar-refractivity contribution in [2.45, 2.75) is 26.8 Å². The second-order valence-electron chi connectivity index (χ2n) is 5.70. The molecule has 0 spiro atoms. The maximum Gasteiger partial charge on any atom is 0.293 e. The maximum absolute atomic E-state index is 11.4. The third-order valence-electron chi connectivity index (χ3n) is 3.83. The molecular formula is C18H18N4O3. The first-order chi connectivity index (χ1) is 12.1. The monoisotopic (exact) mass is 338 g/mol. The molecule has 0 unspecified atom stereocenters. The Morgan fingerprint density at radius 1 is 1.20 bits per heavy atom. The smallest absolute Gasteiger partial charge is 0.293 e. The number of rotatable bonds is 6. The molecule has 1 heterocycles. The van der Waals surface area contributed by atoms with Gasteiger partial charge in [0, 0.05) is 24.6 Å². The van der Waals surface area contributed by atoms with E-state index in [2.05, 4.69) is 15.5 Å². The lowest BCUT2D eigenvalue weighted by atomic mass is 10.1. The zero-order valence-electron chi connectivity index (χ0n) is 14.0. The van der Waals surface area contributed by atoms with Gasteiger partial charge in [0.25, 0.3) is 11.6 Å². The molecule has 0 fully saturated rings. The van der Waals surface area contributed by atoms with E-state index in [0.29, 0.717) is 30.0 Å². The highest BCUT2D eigenvalue weighted by molar-refractivity contribution is 5.69. The molecule has 7 nitrogen and oxygen atoms in total. The quantitative estimate of drug-likeness (QED) is 0.536. The van der Waals surface area contributed by atoms with Crippen molar-refractivity contribution < 1.29 is 9.45 Å². The minimum atomic E-state index is -0.419. The van der Waals surface area contributed by atoms with Gasteiger partial charge in [-0.05, 0) is 24.6 Å². The van der Waals surface area contributed by atoms with E-state index < -0.39 is 4.92 Å². The Morgan fingerprint density at radius 3 is 2.60 bits per heavy atom. The maximum atomic E-state index is 11.4. The van der Waals surface area contributed by atoms with Crippen molar-refractivity contribution in [2.24, 2.45) is 0 Å². The standard InChI is InChI=1S/C18H18N4O3/c1-3-17-20-18(25-21-17)14-8-9-15(16(10-14)22(23)24)19-11-13-6-4-12(2)5-7-13/h4-10,19H,3,11H2,1-2H3. The van der Waals surface area contributed by atoms with Crippen molar-refractivity contribution in [3.05, 3.63) is 69.5 Å². The molecule has 0 aliphatic carbocycles. The summed E-state index contributed by atoms with van der Waals surface area (Å²) < 4.78 is 5.15. The number of nitro benzene ring substituents is 1. The molecule has 0 radical (unpaired) electrons. The molecule has 128 valence electrons. The normalized spacial score (nSPS) is 10.6. The Hall–Kier alpha value is -3.22. The summed E-state index contributed by atoms with van der Waals surface area (Å²) in [6.07, 6.45) is 0.641. The van der Waals surface area contributed by atoms with Crippen molar-refractivity contribution in [3.63, 3.8) is 0 Å². The first-order valence-corrected chi connectivity index (χ1v) is 7.97. The predicted molar refractivity (Wildman–Crippen MR) is 94.3 cm³/mol. The molecule has 0 saturated carbocycles. The van der Waals surface area contributed by atoms with Crippen LogP contribution < -0.4 is 5.32 Å². The molecule has 25 heavy (non-hydrogen) atoms. The number of hydrogen-bond donors (Lipinski definition) is 1. The minimum Gasteiger partial charge on any atom is -0.375 e. The van der Waals surface area contributed by atoms with E-state index in [1.807, 2.05) is 38.1 Å². The summed E-state index contributed by atoms with van der Waals surface area (Å²) in [4.78, 5) is 15.2. The van der Waals surface area contributed by atoms with Gasteiger partial charge in [-0.25, -0.2) is 0 Å². The summed E-state index contributed by atoms with van der Waals surface area (Å²) in [5, 5.41) is 18.4. The van der Waals surface area contributed by atoms with Crippen molar-refractivity contribution in [1.29, 1.82) is 0 Å². The number of aromatic nitrogens is 2. The van der Waals surface area contributed by atoms with E-state index >= 15 is 0 Å². The lowest BCUT2D eigenvalue weighted by Gasteiger charge is -2.08. The first-order valence-electron chi connectivity index (χ1n) is 7.97. The zero-order valence-corrected chi connectivity index (χ0v) is 14.0. The van der Waals surface area contributed by atoms with Gasteiger partial charge in [-0.1, -0.05) is 41.9 Å². The van der Waals surface area contributed by atoms with Crippen molar-refractivity contribution in [2.75, 3.05) is 5.32 Å². The van der Waals surface area contributed by atoms with Crippen LogP contribution in [0, 0.1) is 17.0 Å². The summed E-state index contributed by atoms with van der Waals surface area (Å²) in [5.74, 6) is 0.851. The van der Waals surface area contributed by atoms with Gasteiger partial charge in [0.2, 0.25) is 0 Å². The molecule has 0 saturated heterocycles. The number of hydrogen-bond acceptors (Lipinski definition) is 6. The number of aryl methyl sites for hydroxylation is 2. The Morgan fingerprint density at radius 2 is 1.96 bits per heavy atom. The SMILES string of the molecule is CCc1noc(-c2ccc(NCc3ccc(C)cc3)c([N+](=O)[O-])c2)n1. The van der Waals surface area contributed by atoms with Crippen molar-refractivity contribution >= 4 is 11.4 Å². The van der Waals surface area contributed by atoms with Crippen LogP contribution in [0.1, 0.15) is 23.9 Å². The lowest BCUT2D eigenvalue weighted by molar-refractivity contribution is -0.383. The highest BCUT2D eigenvalue weighted by Crippen LogP contribution is 2.30. The van der Waals surface area contributed by atoms with E-state index in [-0.39, 0.29) is 11.6 Å². The summed E-state index contributed by atoms with van der Waals surface area (Å²) in [6, 6.07) is 12.9. The molecule has 1 aromatic heterocycles. The average Bonchev–Trinajstić information content (AvgIpc) is 3.10. The summed E-state index contributed by atoms with van der Waals surface area (Å²) in [7, 11) is 0. The fraction of sp³-hybridized carbons (Fsp3) is 0.222. The zero-order chi connectivity index (χ0) is 17.8. The van der Waals surface area contributed by atoms with Crippen LogP contribution >= 0.6 is 0 Å². The Labute approximate surface area is 144 Å². The van der Waals surface area contributed by atoms with Gasteiger partial charge in [-0.2, -0.15) is 4.98 Å². The number of nitro groups is 1. The van der Waals surface area contributed by atoms with Crippen LogP contribution in [0.2, 0.25) is 0 Å². The molecule has 2 aromatic carbocycles. The van der Waals surface area contributed by atoms with E-state index in [0.717, 1.165) is 5.56 Å². The number of nitrogens with one attached hydrogen (secondary N) is 1. The second-order valence-corrected chi connectivity index (χ2v) is 5.70. The number of benzene rings is 2. The van der Waals surface area contributed by atoms with E-state index in [1.54, 1.807) is 12.1 Å². The van der Waals surface area contributed by atoms with Gasteiger partial charge in [-0.15, -0.1) is 0 Å². The van der Waals surface area contributed by atoms with E-state index in [1.165, 1.54) is 11.6 Å². The van der Waals surface area contributed by atoms with Crippen LogP contribution in [0.5, 0.6) is 0 Å². The average molecular weight is 338 g/mol. The highest BCUT2D eigenvalue weighted by atomic mass is 16.6. The highest BCUT2D eigenvalue weighted by Gasteiger charge is 2.18. The van der Waals surface area contributed by atoms with Crippen LogP contribution in [0.25, 0.3) is 11.5 Å². The van der Waals surface area contributed by atoms with Crippen LogP contribution in [0.15, 0.2) is 47.0 Å². The molecule has 7 heteroatoms. The van der Waals surface area contributed by atoms with Crippen molar-refractivity contribution in [3.8, 4) is 11.5 Å². The third kappa shape index (κ3) is 3.82. The molecule has 1 N–H and O–H groups in total. The molecular weight excluding hydrogens is 320 g/mol. The summed E-state index contributed by atoms with van der Waals surface area (Å²) in [6.45, 7) is 4.43. The predicted octanol–water partition coefficient (Wildman–Crippen LogP) is 4.13.